The van der Waals surface area contributed by atoms with Gasteiger partial charge >= 0.3 is 0 Å². The van der Waals surface area contributed by atoms with Crippen LogP contribution in [0, 0.1) is 0 Å². The van der Waals surface area contributed by atoms with Gasteiger partial charge in [-0.1, -0.05) is 35.5 Å². The summed E-state index contributed by atoms with van der Waals surface area (Å²) in [5.41, 5.74) is 1.86. The SMILES string of the molecule is CC(=O)c1cccc(NC(=O)[C@@H](C)Sc2nnc(-c3ccc(Cl)cc3)n2N)c1. The number of benzene rings is 2. The molecule has 0 radical (unpaired) electrons. The second kappa shape index (κ2) is 8.45. The molecule has 1 heterocycles. The van der Waals surface area contributed by atoms with Gasteiger partial charge in [0.1, 0.15) is 0 Å². The molecule has 28 heavy (non-hydrogen) atoms. The summed E-state index contributed by atoms with van der Waals surface area (Å²) in [4.78, 5) is 24.0. The Balaban J connectivity index is 1.70. The van der Waals surface area contributed by atoms with Crippen LogP contribution in [-0.2, 0) is 4.79 Å². The summed E-state index contributed by atoms with van der Waals surface area (Å²) in [6.45, 7) is 3.22. The Labute approximate surface area is 171 Å². The number of carbonyl (C=O) groups is 2. The van der Waals surface area contributed by atoms with Crippen LogP contribution in [0.15, 0.2) is 53.7 Å². The van der Waals surface area contributed by atoms with Crippen LogP contribution in [0.2, 0.25) is 5.02 Å². The number of ketones is 1. The number of nitrogens with one attached hydrogen (secondary N) is 1. The Kier molecular flexibility index (Phi) is 6.01. The summed E-state index contributed by atoms with van der Waals surface area (Å²) in [6.07, 6.45) is 0. The largest absolute Gasteiger partial charge is 0.335 e. The highest BCUT2D eigenvalue weighted by Crippen LogP contribution is 2.26. The van der Waals surface area contributed by atoms with E-state index >= 15 is 0 Å². The van der Waals surface area contributed by atoms with Gasteiger partial charge in [0, 0.05) is 21.8 Å². The normalized spacial score (nSPS) is 11.8. The zero-order valence-corrected chi connectivity index (χ0v) is 16.8. The monoisotopic (exact) mass is 415 g/mol. The first-order valence-corrected chi connectivity index (χ1v) is 9.66. The number of rotatable bonds is 6. The maximum absolute atomic E-state index is 12.5. The number of carbonyl (C=O) groups excluding carboxylic acids is 2. The third-order valence-electron chi connectivity index (χ3n) is 3.96. The van der Waals surface area contributed by atoms with Crippen LogP contribution in [0.25, 0.3) is 11.4 Å². The molecule has 0 bridgehead atoms. The molecule has 0 aliphatic carbocycles. The molecule has 1 aromatic heterocycles. The van der Waals surface area contributed by atoms with Gasteiger partial charge in [-0.15, -0.1) is 10.2 Å². The average Bonchev–Trinajstić information content (AvgIpc) is 3.03. The van der Waals surface area contributed by atoms with Crippen molar-refractivity contribution in [3.8, 4) is 11.4 Å². The van der Waals surface area contributed by atoms with Crippen LogP contribution < -0.4 is 11.2 Å². The topological polar surface area (TPSA) is 103 Å². The number of nitrogen functional groups attached to an aromatic ring is 1. The molecule has 0 spiro atoms. The van der Waals surface area contributed by atoms with Gasteiger partial charge < -0.3 is 11.2 Å². The third-order valence-corrected chi connectivity index (χ3v) is 5.26. The predicted molar refractivity (Wildman–Crippen MR) is 111 cm³/mol. The number of halogens is 1. The van der Waals surface area contributed by atoms with Crippen LogP contribution in [0.5, 0.6) is 0 Å². The Hall–Kier alpha value is -2.84. The number of hydrogen-bond donors (Lipinski definition) is 2. The second-order valence-electron chi connectivity index (χ2n) is 6.07. The number of nitrogens with zero attached hydrogens (tertiary/aromatic N) is 3. The smallest absolute Gasteiger partial charge is 0.237 e. The zero-order chi connectivity index (χ0) is 20.3. The van der Waals surface area contributed by atoms with Gasteiger partial charge in [0.2, 0.25) is 11.1 Å². The van der Waals surface area contributed by atoms with Crippen molar-refractivity contribution in [2.45, 2.75) is 24.3 Å². The first-order chi connectivity index (χ1) is 13.3. The molecule has 1 amide bonds. The van der Waals surface area contributed by atoms with Crippen LogP contribution in [-0.4, -0.2) is 31.8 Å². The van der Waals surface area contributed by atoms with Crippen molar-refractivity contribution in [3.63, 3.8) is 0 Å². The number of amides is 1. The molecule has 144 valence electrons. The summed E-state index contributed by atoms with van der Waals surface area (Å²) in [7, 11) is 0. The van der Waals surface area contributed by atoms with E-state index in [4.69, 9.17) is 17.4 Å². The maximum atomic E-state index is 12.5. The molecule has 3 aromatic rings. The average molecular weight is 416 g/mol. The summed E-state index contributed by atoms with van der Waals surface area (Å²) >= 11 is 7.09. The summed E-state index contributed by atoms with van der Waals surface area (Å²) in [6, 6.07) is 13.9. The van der Waals surface area contributed by atoms with E-state index in [0.717, 1.165) is 5.56 Å². The first-order valence-electron chi connectivity index (χ1n) is 8.40. The fourth-order valence-corrected chi connectivity index (χ4v) is 3.32. The van der Waals surface area contributed by atoms with Crippen LogP contribution >= 0.6 is 23.4 Å². The summed E-state index contributed by atoms with van der Waals surface area (Å²) in [5, 5.41) is 11.5. The quantitative estimate of drug-likeness (QED) is 0.362. The van der Waals surface area contributed by atoms with E-state index < -0.39 is 5.25 Å². The highest BCUT2D eigenvalue weighted by atomic mass is 35.5. The number of thioether (sulfide) groups is 1. The van der Waals surface area contributed by atoms with Crippen LogP contribution in [0.4, 0.5) is 5.69 Å². The van der Waals surface area contributed by atoms with Gasteiger partial charge in [-0.3, -0.25) is 9.59 Å². The molecule has 0 aliphatic heterocycles. The predicted octanol–water partition coefficient (Wildman–Crippen LogP) is 3.63. The molecular formula is C19H18ClN5O2S. The summed E-state index contributed by atoms with van der Waals surface area (Å²) in [5.74, 6) is 6.27. The molecule has 0 unspecified atom stereocenters. The van der Waals surface area contributed by atoms with Gasteiger partial charge in [0.15, 0.2) is 11.6 Å². The van der Waals surface area contributed by atoms with E-state index in [1.165, 1.54) is 23.4 Å². The van der Waals surface area contributed by atoms with Crippen LogP contribution in [0.1, 0.15) is 24.2 Å². The molecule has 0 aliphatic rings. The van der Waals surface area contributed by atoms with E-state index in [-0.39, 0.29) is 11.7 Å². The summed E-state index contributed by atoms with van der Waals surface area (Å²) < 4.78 is 1.34. The Morgan fingerprint density at radius 3 is 2.57 bits per heavy atom. The lowest BCUT2D eigenvalue weighted by Crippen LogP contribution is -2.23. The lowest BCUT2D eigenvalue weighted by atomic mass is 10.1. The molecule has 7 nitrogen and oxygen atoms in total. The molecular weight excluding hydrogens is 398 g/mol. The van der Waals surface area contributed by atoms with Crippen LogP contribution in [0.3, 0.4) is 0 Å². The van der Waals surface area contributed by atoms with E-state index in [9.17, 15) is 9.59 Å². The Morgan fingerprint density at radius 2 is 1.89 bits per heavy atom. The maximum Gasteiger partial charge on any atom is 0.237 e. The number of hydrogen-bond acceptors (Lipinski definition) is 6. The highest BCUT2D eigenvalue weighted by molar-refractivity contribution is 8.00. The van der Waals surface area contributed by atoms with Crippen molar-refractivity contribution < 1.29 is 9.59 Å². The highest BCUT2D eigenvalue weighted by Gasteiger charge is 2.20. The van der Waals surface area contributed by atoms with E-state index in [1.54, 1.807) is 55.5 Å². The minimum absolute atomic E-state index is 0.0653. The first kappa shape index (κ1) is 19.9. The Morgan fingerprint density at radius 1 is 1.18 bits per heavy atom. The third kappa shape index (κ3) is 4.52. The second-order valence-corrected chi connectivity index (χ2v) is 7.81. The zero-order valence-electron chi connectivity index (χ0n) is 15.2. The number of aromatic nitrogens is 3. The lowest BCUT2D eigenvalue weighted by molar-refractivity contribution is -0.115. The van der Waals surface area contributed by atoms with Gasteiger partial charge in [-0.25, -0.2) is 4.68 Å². The van der Waals surface area contributed by atoms with Crippen molar-refractivity contribution >= 4 is 40.7 Å². The number of Topliss-reactive ketones (excluding diaryl/α,β-unsaturated/α-hetero) is 1. The molecule has 3 rings (SSSR count). The van der Waals surface area contributed by atoms with E-state index in [0.29, 0.717) is 27.3 Å². The van der Waals surface area contributed by atoms with Crippen molar-refractivity contribution in [1.82, 2.24) is 14.9 Å². The fourth-order valence-electron chi connectivity index (χ4n) is 2.42. The van der Waals surface area contributed by atoms with Gasteiger partial charge in [-0.2, -0.15) is 0 Å². The molecule has 0 saturated heterocycles. The Bertz CT molecular complexity index is 1020. The van der Waals surface area contributed by atoms with E-state index in [1.807, 2.05) is 0 Å². The van der Waals surface area contributed by atoms with E-state index in [2.05, 4.69) is 15.5 Å². The van der Waals surface area contributed by atoms with Crippen molar-refractivity contribution in [2.24, 2.45) is 0 Å². The standard InChI is InChI=1S/C19H18ClN5O2S/c1-11(26)14-4-3-5-16(10-14)22-18(27)12(2)28-19-24-23-17(25(19)21)13-6-8-15(20)9-7-13/h3-10,12H,21H2,1-2H3,(H,22,27)/t12-/m1/s1. The number of anilines is 1. The van der Waals surface area contributed by atoms with Gasteiger partial charge in [0.25, 0.3) is 0 Å². The fraction of sp³-hybridized carbons (Fsp3) is 0.158. The number of nitrogens with two attached hydrogens (primary N) is 1. The minimum atomic E-state index is -0.481. The molecule has 1 atom stereocenters. The molecule has 0 fully saturated rings. The van der Waals surface area contributed by atoms with Gasteiger partial charge in [-0.05, 0) is 50.2 Å². The molecule has 0 saturated carbocycles. The molecule has 3 N–H and O–H groups in total. The lowest BCUT2D eigenvalue weighted by Gasteiger charge is -2.12. The van der Waals surface area contributed by atoms with Gasteiger partial charge in [0.05, 0.1) is 5.25 Å². The van der Waals surface area contributed by atoms with Crippen molar-refractivity contribution in [3.05, 3.63) is 59.1 Å². The van der Waals surface area contributed by atoms with Crippen molar-refractivity contribution in [1.29, 1.82) is 0 Å². The molecule has 2 aromatic carbocycles. The molecule has 9 heteroatoms. The minimum Gasteiger partial charge on any atom is -0.335 e. The van der Waals surface area contributed by atoms with Crippen molar-refractivity contribution in [2.75, 3.05) is 11.2 Å².